The standard InChI is InChI=1S/C8H8N2O3/c11-7-1-4-5(8(12)13)2-9-6(4)3-10-7/h2,9H,1,3H2,(H,10,11)(H,12,13). The Balaban J connectivity index is 2.46. The van der Waals surface area contributed by atoms with Gasteiger partial charge >= 0.3 is 5.97 Å². The minimum absolute atomic E-state index is 0.130. The van der Waals surface area contributed by atoms with Crippen molar-refractivity contribution in [2.45, 2.75) is 13.0 Å². The van der Waals surface area contributed by atoms with Crippen LogP contribution in [-0.4, -0.2) is 22.0 Å². The maximum atomic E-state index is 11.0. The first-order chi connectivity index (χ1) is 6.18. The van der Waals surface area contributed by atoms with Crippen molar-refractivity contribution >= 4 is 11.9 Å². The van der Waals surface area contributed by atoms with E-state index in [-0.39, 0.29) is 17.9 Å². The predicted molar refractivity (Wildman–Crippen MR) is 43.3 cm³/mol. The van der Waals surface area contributed by atoms with Crippen molar-refractivity contribution < 1.29 is 14.7 Å². The normalized spacial score (nSPS) is 14.9. The molecule has 68 valence electrons. The van der Waals surface area contributed by atoms with Crippen molar-refractivity contribution in [3.8, 4) is 0 Å². The third kappa shape index (κ3) is 1.18. The van der Waals surface area contributed by atoms with E-state index >= 15 is 0 Å². The van der Waals surface area contributed by atoms with Crippen molar-refractivity contribution in [1.29, 1.82) is 0 Å². The van der Waals surface area contributed by atoms with Gasteiger partial charge in [-0.25, -0.2) is 4.79 Å². The Labute approximate surface area is 73.8 Å². The van der Waals surface area contributed by atoms with Crippen molar-refractivity contribution in [2.75, 3.05) is 0 Å². The second-order valence-corrected chi connectivity index (χ2v) is 2.92. The van der Waals surface area contributed by atoms with Gasteiger partial charge < -0.3 is 15.4 Å². The third-order valence-electron chi connectivity index (χ3n) is 2.11. The van der Waals surface area contributed by atoms with Gasteiger partial charge in [-0.15, -0.1) is 0 Å². The minimum atomic E-state index is -0.993. The van der Waals surface area contributed by atoms with E-state index in [0.29, 0.717) is 12.1 Å². The van der Waals surface area contributed by atoms with Crippen LogP contribution in [0.1, 0.15) is 21.6 Å². The number of rotatable bonds is 1. The Morgan fingerprint density at radius 2 is 2.31 bits per heavy atom. The molecule has 13 heavy (non-hydrogen) atoms. The summed E-state index contributed by atoms with van der Waals surface area (Å²) in [5, 5.41) is 11.4. The summed E-state index contributed by atoms with van der Waals surface area (Å²) < 4.78 is 0. The van der Waals surface area contributed by atoms with Gasteiger partial charge in [0, 0.05) is 11.9 Å². The van der Waals surface area contributed by atoms with Gasteiger partial charge in [-0.2, -0.15) is 0 Å². The number of aromatic amines is 1. The van der Waals surface area contributed by atoms with Crippen LogP contribution in [0.3, 0.4) is 0 Å². The van der Waals surface area contributed by atoms with Gasteiger partial charge in [-0.1, -0.05) is 0 Å². The van der Waals surface area contributed by atoms with Gasteiger partial charge in [0.05, 0.1) is 18.5 Å². The number of aromatic carboxylic acids is 1. The molecule has 0 bridgehead atoms. The van der Waals surface area contributed by atoms with Crippen LogP contribution in [0, 0.1) is 0 Å². The number of carbonyl (C=O) groups is 2. The molecule has 0 radical (unpaired) electrons. The Morgan fingerprint density at radius 1 is 1.54 bits per heavy atom. The zero-order chi connectivity index (χ0) is 9.42. The molecule has 2 rings (SSSR count). The van der Waals surface area contributed by atoms with Crippen molar-refractivity contribution in [1.82, 2.24) is 10.3 Å². The number of amides is 1. The Hall–Kier alpha value is -1.78. The molecule has 0 atom stereocenters. The fraction of sp³-hybridized carbons (Fsp3) is 0.250. The number of hydrogen-bond acceptors (Lipinski definition) is 2. The molecular weight excluding hydrogens is 172 g/mol. The Morgan fingerprint density at radius 3 is 3.00 bits per heavy atom. The highest BCUT2D eigenvalue weighted by Gasteiger charge is 2.22. The van der Waals surface area contributed by atoms with Crippen molar-refractivity contribution in [3.05, 3.63) is 23.0 Å². The van der Waals surface area contributed by atoms with Gasteiger partial charge in [0.2, 0.25) is 5.91 Å². The number of nitrogens with one attached hydrogen (secondary N) is 2. The molecule has 0 unspecified atom stereocenters. The molecular formula is C8H8N2O3. The van der Waals surface area contributed by atoms with Crippen LogP contribution in [0.25, 0.3) is 0 Å². The number of carboxylic acids is 1. The van der Waals surface area contributed by atoms with Crippen molar-refractivity contribution in [2.24, 2.45) is 0 Å². The third-order valence-corrected chi connectivity index (χ3v) is 2.11. The largest absolute Gasteiger partial charge is 0.478 e. The van der Waals surface area contributed by atoms with E-state index in [1.165, 1.54) is 6.20 Å². The van der Waals surface area contributed by atoms with E-state index in [9.17, 15) is 9.59 Å². The number of aromatic nitrogens is 1. The summed E-state index contributed by atoms with van der Waals surface area (Å²) in [5.41, 5.74) is 1.60. The van der Waals surface area contributed by atoms with Crippen LogP contribution in [0.5, 0.6) is 0 Å². The number of H-pyrrole nitrogens is 1. The molecule has 1 aromatic rings. The smallest absolute Gasteiger partial charge is 0.337 e. The van der Waals surface area contributed by atoms with Gasteiger partial charge in [-0.3, -0.25) is 4.79 Å². The van der Waals surface area contributed by atoms with Crippen LogP contribution in [0.15, 0.2) is 6.20 Å². The second-order valence-electron chi connectivity index (χ2n) is 2.92. The molecule has 5 nitrogen and oxygen atoms in total. The number of fused-ring (bicyclic) bond motifs is 1. The van der Waals surface area contributed by atoms with Crippen LogP contribution in [0.4, 0.5) is 0 Å². The molecule has 3 N–H and O–H groups in total. The highest BCUT2D eigenvalue weighted by Crippen LogP contribution is 2.17. The lowest BCUT2D eigenvalue weighted by Gasteiger charge is -2.12. The molecule has 0 spiro atoms. The number of carbonyl (C=O) groups excluding carboxylic acids is 1. The van der Waals surface area contributed by atoms with E-state index in [1.54, 1.807) is 0 Å². The van der Waals surface area contributed by atoms with E-state index in [4.69, 9.17) is 5.11 Å². The fourth-order valence-electron chi connectivity index (χ4n) is 1.46. The van der Waals surface area contributed by atoms with Crippen LogP contribution in [-0.2, 0) is 17.8 Å². The van der Waals surface area contributed by atoms with E-state index in [1.807, 2.05) is 0 Å². The molecule has 1 amide bonds. The first kappa shape index (κ1) is 7.85. The SMILES string of the molecule is O=C1Cc2c(C(=O)O)c[nH]c2CN1. The molecule has 0 aromatic carbocycles. The van der Waals surface area contributed by atoms with E-state index in [2.05, 4.69) is 10.3 Å². The molecule has 1 aromatic heterocycles. The van der Waals surface area contributed by atoms with Crippen molar-refractivity contribution in [3.63, 3.8) is 0 Å². The zero-order valence-electron chi connectivity index (χ0n) is 6.76. The monoisotopic (exact) mass is 180 g/mol. The summed E-state index contributed by atoms with van der Waals surface area (Å²) >= 11 is 0. The average molecular weight is 180 g/mol. The first-order valence-electron chi connectivity index (χ1n) is 3.87. The van der Waals surface area contributed by atoms with Crippen LogP contribution < -0.4 is 5.32 Å². The molecule has 2 heterocycles. The first-order valence-corrected chi connectivity index (χ1v) is 3.87. The minimum Gasteiger partial charge on any atom is -0.478 e. The number of carboxylic acid groups (broad SMARTS) is 1. The summed E-state index contributed by atoms with van der Waals surface area (Å²) in [6, 6.07) is 0. The van der Waals surface area contributed by atoms with Crippen LogP contribution in [0.2, 0.25) is 0 Å². The molecule has 1 aliphatic rings. The molecule has 0 aliphatic carbocycles. The van der Waals surface area contributed by atoms with Crippen LogP contribution >= 0.6 is 0 Å². The highest BCUT2D eigenvalue weighted by molar-refractivity contribution is 5.92. The lowest BCUT2D eigenvalue weighted by molar-refractivity contribution is -0.121. The molecule has 0 fully saturated rings. The maximum Gasteiger partial charge on any atom is 0.337 e. The number of hydrogen-bond donors (Lipinski definition) is 3. The lowest BCUT2D eigenvalue weighted by atomic mass is 10.0. The molecule has 1 aliphatic heterocycles. The van der Waals surface area contributed by atoms with Gasteiger partial charge in [0.15, 0.2) is 0 Å². The predicted octanol–water partition coefficient (Wildman–Crippen LogP) is -0.115. The summed E-state index contributed by atoms with van der Waals surface area (Å²) in [5.74, 6) is -1.12. The summed E-state index contributed by atoms with van der Waals surface area (Å²) in [7, 11) is 0. The topological polar surface area (TPSA) is 82.2 Å². The molecule has 5 heteroatoms. The molecule has 0 saturated carbocycles. The second kappa shape index (κ2) is 2.62. The van der Waals surface area contributed by atoms with Gasteiger partial charge in [0.25, 0.3) is 0 Å². The average Bonchev–Trinajstić information content (AvgIpc) is 2.46. The Kier molecular flexibility index (Phi) is 1.58. The van der Waals surface area contributed by atoms with E-state index in [0.717, 1.165) is 5.69 Å². The van der Waals surface area contributed by atoms with Gasteiger partial charge in [0.1, 0.15) is 0 Å². The molecule has 0 saturated heterocycles. The fourth-order valence-corrected chi connectivity index (χ4v) is 1.46. The highest BCUT2D eigenvalue weighted by atomic mass is 16.4. The van der Waals surface area contributed by atoms with Gasteiger partial charge in [-0.05, 0) is 5.56 Å². The summed E-state index contributed by atoms with van der Waals surface area (Å²) in [6.07, 6.45) is 1.58. The maximum absolute atomic E-state index is 11.0. The summed E-state index contributed by atoms with van der Waals surface area (Å²) in [6.45, 7) is 0.390. The Bertz CT molecular complexity index is 381. The summed E-state index contributed by atoms with van der Waals surface area (Å²) in [4.78, 5) is 24.5. The van der Waals surface area contributed by atoms with E-state index < -0.39 is 5.97 Å². The zero-order valence-corrected chi connectivity index (χ0v) is 6.76. The quantitative estimate of drug-likeness (QED) is 0.563. The lowest BCUT2D eigenvalue weighted by Crippen LogP contribution is -2.30.